The summed E-state index contributed by atoms with van der Waals surface area (Å²) < 4.78 is 18.2. The summed E-state index contributed by atoms with van der Waals surface area (Å²) in [6.07, 6.45) is 4.13. The number of alkyl halides is 1. The number of aliphatic hydroxyl groups is 1. The predicted molar refractivity (Wildman–Crippen MR) is 109 cm³/mol. The Kier molecular flexibility index (Phi) is 4.53. The number of aromatic nitrogens is 5. The molecular weight excluding hydrogens is 385 g/mol. The van der Waals surface area contributed by atoms with Gasteiger partial charge in [0, 0.05) is 35.1 Å². The highest BCUT2D eigenvalue weighted by molar-refractivity contribution is 5.81. The van der Waals surface area contributed by atoms with Crippen molar-refractivity contribution < 1.29 is 14.0 Å². The van der Waals surface area contributed by atoms with Gasteiger partial charge in [-0.2, -0.15) is 4.98 Å². The van der Waals surface area contributed by atoms with Crippen molar-refractivity contribution in [2.45, 2.75) is 6.10 Å². The molecule has 2 N–H and O–H groups in total. The number of nitrogens with zero attached hydrogens (tertiary/aromatic N) is 4. The van der Waals surface area contributed by atoms with Gasteiger partial charge in [0.05, 0.1) is 0 Å². The summed E-state index contributed by atoms with van der Waals surface area (Å²) >= 11 is 0. The minimum Gasteiger partial charge on any atom is -0.386 e. The third-order valence-corrected chi connectivity index (χ3v) is 4.81. The number of H-pyrrole nitrogens is 1. The number of halogens is 1. The second kappa shape index (κ2) is 7.49. The van der Waals surface area contributed by atoms with Gasteiger partial charge in [-0.1, -0.05) is 23.4 Å². The third kappa shape index (κ3) is 3.33. The molecule has 4 heterocycles. The molecule has 1 atom stereocenters. The van der Waals surface area contributed by atoms with Crippen molar-refractivity contribution in [3.05, 3.63) is 72.7 Å². The average molecular weight is 401 g/mol. The first-order valence-electron chi connectivity index (χ1n) is 9.29. The number of aliphatic hydroxyl groups excluding tert-OH is 1. The Morgan fingerprint density at radius 2 is 1.97 bits per heavy atom. The molecule has 0 fully saturated rings. The molecule has 148 valence electrons. The highest BCUT2D eigenvalue weighted by atomic mass is 19.1. The lowest BCUT2D eigenvalue weighted by Crippen LogP contribution is -1.99. The van der Waals surface area contributed by atoms with Crippen molar-refractivity contribution >= 4 is 11.0 Å². The van der Waals surface area contributed by atoms with E-state index in [0.717, 1.165) is 22.2 Å². The van der Waals surface area contributed by atoms with E-state index in [1.807, 2.05) is 30.5 Å². The number of hydrogen-bond acceptors (Lipinski definition) is 6. The first kappa shape index (κ1) is 18.1. The SMILES string of the molecule is OC(CF)c1cccc(-c2noc(-c3cc(-c4cnc5[nH]ccc5c4)ccn3)n2)c1. The Bertz CT molecular complexity index is 1330. The van der Waals surface area contributed by atoms with Crippen molar-refractivity contribution in [3.63, 3.8) is 0 Å². The van der Waals surface area contributed by atoms with Crippen molar-refractivity contribution in [3.8, 4) is 34.1 Å². The van der Waals surface area contributed by atoms with E-state index in [4.69, 9.17) is 4.52 Å². The fourth-order valence-corrected chi connectivity index (χ4v) is 3.24. The molecule has 0 aliphatic rings. The fraction of sp³-hybridized carbons (Fsp3) is 0.0909. The van der Waals surface area contributed by atoms with Crippen molar-refractivity contribution in [2.24, 2.45) is 0 Å². The normalized spacial score (nSPS) is 12.3. The zero-order valence-corrected chi connectivity index (χ0v) is 15.7. The van der Waals surface area contributed by atoms with Crippen LogP contribution in [0.15, 0.2) is 71.6 Å². The standard InChI is InChI=1S/C22H16FN5O2/c23-11-19(29)14-2-1-3-15(8-14)21-27-22(30-28-21)18-10-13(4-6-24-18)17-9-16-5-7-25-20(16)26-12-17/h1-10,12,19,29H,11H2,(H,25,26). The molecule has 0 radical (unpaired) electrons. The minimum absolute atomic E-state index is 0.263. The average Bonchev–Trinajstić information content (AvgIpc) is 3.48. The molecule has 0 aliphatic carbocycles. The number of benzene rings is 1. The van der Waals surface area contributed by atoms with Gasteiger partial charge >= 0.3 is 0 Å². The molecule has 0 saturated heterocycles. The molecular formula is C22H16FN5O2. The molecule has 0 amide bonds. The van der Waals surface area contributed by atoms with Crippen molar-refractivity contribution in [2.75, 3.05) is 6.67 Å². The van der Waals surface area contributed by atoms with Gasteiger partial charge in [0.25, 0.3) is 5.89 Å². The van der Waals surface area contributed by atoms with E-state index in [2.05, 4.69) is 25.1 Å². The van der Waals surface area contributed by atoms with Crippen LogP contribution in [0, 0.1) is 0 Å². The van der Waals surface area contributed by atoms with Crippen LogP contribution in [0.2, 0.25) is 0 Å². The molecule has 5 rings (SSSR count). The summed E-state index contributed by atoms with van der Waals surface area (Å²) in [5, 5.41) is 14.7. The molecule has 1 unspecified atom stereocenters. The van der Waals surface area contributed by atoms with Crippen molar-refractivity contribution in [1.29, 1.82) is 0 Å². The molecule has 5 aromatic rings. The van der Waals surface area contributed by atoms with Crippen LogP contribution in [0.4, 0.5) is 4.39 Å². The third-order valence-electron chi connectivity index (χ3n) is 4.81. The molecule has 0 aliphatic heterocycles. The molecule has 0 spiro atoms. The molecule has 8 heteroatoms. The van der Waals surface area contributed by atoms with E-state index in [9.17, 15) is 9.50 Å². The van der Waals surface area contributed by atoms with Crippen LogP contribution >= 0.6 is 0 Å². The van der Waals surface area contributed by atoms with Gasteiger partial charge in [-0.05, 0) is 41.5 Å². The Hall–Kier alpha value is -3.91. The van der Waals surface area contributed by atoms with E-state index in [1.165, 1.54) is 0 Å². The van der Waals surface area contributed by atoms with Crippen LogP contribution < -0.4 is 0 Å². The lowest BCUT2D eigenvalue weighted by Gasteiger charge is -2.06. The monoisotopic (exact) mass is 401 g/mol. The summed E-state index contributed by atoms with van der Waals surface area (Å²) in [4.78, 5) is 16.3. The summed E-state index contributed by atoms with van der Waals surface area (Å²) in [7, 11) is 0. The van der Waals surface area contributed by atoms with E-state index < -0.39 is 12.8 Å². The van der Waals surface area contributed by atoms with Gasteiger partial charge in [-0.15, -0.1) is 0 Å². The zero-order chi connectivity index (χ0) is 20.5. The summed E-state index contributed by atoms with van der Waals surface area (Å²) in [5.74, 6) is 0.597. The molecule has 7 nitrogen and oxygen atoms in total. The molecule has 1 aromatic carbocycles. The molecule has 0 saturated carbocycles. The van der Waals surface area contributed by atoms with Gasteiger partial charge in [0.2, 0.25) is 5.82 Å². The second-order valence-corrected chi connectivity index (χ2v) is 6.79. The predicted octanol–water partition coefficient (Wildman–Crippen LogP) is 4.34. The number of hydrogen-bond donors (Lipinski definition) is 2. The molecule has 4 aromatic heterocycles. The number of nitrogens with one attached hydrogen (secondary N) is 1. The Morgan fingerprint density at radius 1 is 1.03 bits per heavy atom. The largest absolute Gasteiger partial charge is 0.386 e. The van der Waals surface area contributed by atoms with Gasteiger partial charge in [0.1, 0.15) is 24.1 Å². The smallest absolute Gasteiger partial charge is 0.276 e. The van der Waals surface area contributed by atoms with Gasteiger partial charge in [0.15, 0.2) is 0 Å². The van der Waals surface area contributed by atoms with Crippen LogP contribution in [0.3, 0.4) is 0 Å². The number of pyridine rings is 2. The maximum absolute atomic E-state index is 12.8. The highest BCUT2D eigenvalue weighted by Gasteiger charge is 2.15. The molecule has 0 bridgehead atoms. The van der Waals surface area contributed by atoms with E-state index in [-0.39, 0.29) is 5.89 Å². The second-order valence-electron chi connectivity index (χ2n) is 6.79. The lowest BCUT2D eigenvalue weighted by atomic mass is 10.1. The Balaban J connectivity index is 1.47. The molecule has 30 heavy (non-hydrogen) atoms. The van der Waals surface area contributed by atoms with Crippen LogP contribution in [0.5, 0.6) is 0 Å². The Labute approximate surface area is 170 Å². The van der Waals surface area contributed by atoms with E-state index >= 15 is 0 Å². The maximum Gasteiger partial charge on any atom is 0.276 e. The number of fused-ring (bicyclic) bond motifs is 1. The highest BCUT2D eigenvalue weighted by Crippen LogP contribution is 2.27. The number of rotatable bonds is 5. The quantitative estimate of drug-likeness (QED) is 0.454. The Morgan fingerprint density at radius 3 is 2.87 bits per heavy atom. The zero-order valence-electron chi connectivity index (χ0n) is 15.7. The van der Waals surface area contributed by atoms with Gasteiger partial charge in [-0.3, -0.25) is 4.98 Å². The first-order chi connectivity index (χ1) is 14.7. The van der Waals surface area contributed by atoms with E-state index in [0.29, 0.717) is 22.6 Å². The minimum atomic E-state index is -1.18. The van der Waals surface area contributed by atoms with Crippen LogP contribution in [0.1, 0.15) is 11.7 Å². The summed E-state index contributed by atoms with van der Waals surface area (Å²) in [6.45, 7) is -0.860. The van der Waals surface area contributed by atoms with Crippen molar-refractivity contribution in [1.82, 2.24) is 25.1 Å². The maximum atomic E-state index is 12.8. The summed E-state index contributed by atoms with van der Waals surface area (Å²) in [6, 6.07) is 14.5. The topological polar surface area (TPSA) is 101 Å². The first-order valence-corrected chi connectivity index (χ1v) is 9.29. The summed E-state index contributed by atoms with van der Waals surface area (Å²) in [5.41, 5.74) is 4.29. The van der Waals surface area contributed by atoms with Gasteiger partial charge in [-0.25, -0.2) is 9.37 Å². The van der Waals surface area contributed by atoms with Crippen LogP contribution in [-0.2, 0) is 0 Å². The van der Waals surface area contributed by atoms with Crippen LogP contribution in [0.25, 0.3) is 45.1 Å². The number of aromatic amines is 1. The van der Waals surface area contributed by atoms with E-state index in [1.54, 1.807) is 36.7 Å². The van der Waals surface area contributed by atoms with Gasteiger partial charge < -0.3 is 14.6 Å². The fourth-order valence-electron chi connectivity index (χ4n) is 3.24. The van der Waals surface area contributed by atoms with Crippen LogP contribution in [-0.4, -0.2) is 36.9 Å². The lowest BCUT2D eigenvalue weighted by molar-refractivity contribution is 0.142.